The Balaban J connectivity index is 2.07. The van der Waals surface area contributed by atoms with Gasteiger partial charge in [0.15, 0.2) is 0 Å². The van der Waals surface area contributed by atoms with E-state index in [9.17, 15) is 19.5 Å². The van der Waals surface area contributed by atoms with Crippen LogP contribution in [-0.4, -0.2) is 148 Å². The van der Waals surface area contributed by atoms with Crippen molar-refractivity contribution in [1.82, 2.24) is 30.2 Å². The number of esters is 1. The summed E-state index contributed by atoms with van der Waals surface area (Å²) in [4.78, 5) is 42.2. The highest BCUT2D eigenvalue weighted by Gasteiger charge is 2.29. The first kappa shape index (κ1) is 26.5. The van der Waals surface area contributed by atoms with Crippen molar-refractivity contribution in [1.29, 1.82) is 0 Å². The molecule has 184 valence electrons. The van der Waals surface area contributed by atoms with Gasteiger partial charge in [0.25, 0.3) is 0 Å². The average molecular weight is 457 g/mol. The van der Waals surface area contributed by atoms with E-state index in [1.54, 1.807) is 9.80 Å². The Morgan fingerprint density at radius 3 is 2.12 bits per heavy atom. The zero-order valence-electron chi connectivity index (χ0n) is 19.3. The van der Waals surface area contributed by atoms with Gasteiger partial charge in [-0.15, -0.1) is 0 Å². The van der Waals surface area contributed by atoms with Crippen LogP contribution in [0, 0.1) is 0 Å². The molecule has 0 radical (unpaired) electrons. The minimum Gasteiger partial charge on any atom is -0.469 e. The van der Waals surface area contributed by atoms with Crippen LogP contribution in [-0.2, 0) is 19.1 Å². The molecule has 0 aromatic heterocycles. The van der Waals surface area contributed by atoms with Crippen LogP contribution >= 0.6 is 0 Å². The molecule has 3 N–H and O–H groups in total. The van der Waals surface area contributed by atoms with Crippen molar-refractivity contribution in [2.45, 2.75) is 25.0 Å². The van der Waals surface area contributed by atoms with Gasteiger partial charge in [-0.3, -0.25) is 24.2 Å². The van der Waals surface area contributed by atoms with Gasteiger partial charge in [-0.25, -0.2) is 0 Å². The Hall–Kier alpha value is -1.79. The van der Waals surface area contributed by atoms with Gasteiger partial charge in [-0.2, -0.15) is 0 Å². The van der Waals surface area contributed by atoms with Gasteiger partial charge in [-0.1, -0.05) is 0 Å². The molecule has 2 aliphatic heterocycles. The zero-order valence-corrected chi connectivity index (χ0v) is 19.3. The van der Waals surface area contributed by atoms with E-state index in [1.165, 1.54) is 7.11 Å². The number of nitrogens with zero attached hydrogens (tertiary/aromatic N) is 4. The fourth-order valence-electron chi connectivity index (χ4n) is 4.23. The van der Waals surface area contributed by atoms with Gasteiger partial charge < -0.3 is 30.3 Å². The number of aliphatic hydroxyl groups excluding tert-OH is 1. The summed E-state index contributed by atoms with van der Waals surface area (Å²) in [7, 11) is 1.37. The summed E-state index contributed by atoms with van der Waals surface area (Å²) in [5.41, 5.74) is 0. The zero-order chi connectivity index (χ0) is 23.2. The van der Waals surface area contributed by atoms with Crippen LogP contribution in [0.25, 0.3) is 0 Å². The van der Waals surface area contributed by atoms with E-state index in [0.717, 1.165) is 52.1 Å². The van der Waals surface area contributed by atoms with Crippen molar-refractivity contribution >= 4 is 18.8 Å². The van der Waals surface area contributed by atoms with E-state index in [4.69, 9.17) is 4.74 Å². The van der Waals surface area contributed by atoms with Crippen LogP contribution in [0.2, 0.25) is 0 Å². The second-order valence-electron chi connectivity index (χ2n) is 8.37. The monoisotopic (exact) mass is 456 g/mol. The molecule has 2 saturated heterocycles. The molecule has 2 rings (SSSR count). The molecule has 2 aliphatic rings. The first-order chi connectivity index (χ1) is 15.6. The summed E-state index contributed by atoms with van der Waals surface area (Å²) < 4.78 is 4.82. The van der Waals surface area contributed by atoms with Gasteiger partial charge in [0.1, 0.15) is 0 Å². The van der Waals surface area contributed by atoms with E-state index in [-0.39, 0.29) is 18.4 Å². The molecule has 32 heavy (non-hydrogen) atoms. The van der Waals surface area contributed by atoms with Crippen molar-refractivity contribution in [2.75, 3.05) is 92.2 Å². The standard InChI is InChI=1S/C21H40N6O5/c1-32-21(31)3-2-19(27-11-7-23-6-10-26(18-29)14-15-27)20(30)16-24-8-4-22-5-9-25(17-28)13-12-24/h17-20,22-23,30H,2-16H2,1H3. The molecule has 0 saturated carbocycles. The van der Waals surface area contributed by atoms with Crippen LogP contribution in [0.4, 0.5) is 0 Å². The minimum absolute atomic E-state index is 0.222. The van der Waals surface area contributed by atoms with Gasteiger partial charge in [0.2, 0.25) is 12.8 Å². The minimum atomic E-state index is -0.685. The Morgan fingerprint density at radius 2 is 1.50 bits per heavy atom. The Morgan fingerprint density at radius 1 is 0.906 bits per heavy atom. The Kier molecular flexibility index (Phi) is 12.5. The molecular weight excluding hydrogens is 416 g/mol. The number of amides is 2. The maximum atomic E-state index is 11.8. The van der Waals surface area contributed by atoms with Crippen LogP contribution in [0.3, 0.4) is 0 Å². The van der Waals surface area contributed by atoms with E-state index < -0.39 is 6.10 Å². The molecule has 0 aromatic rings. The predicted octanol–water partition coefficient (Wildman–Crippen LogP) is -2.60. The lowest BCUT2D eigenvalue weighted by molar-refractivity contribution is -0.141. The van der Waals surface area contributed by atoms with Gasteiger partial charge >= 0.3 is 5.97 Å². The fraction of sp³-hybridized carbons (Fsp3) is 0.857. The highest BCUT2D eigenvalue weighted by molar-refractivity contribution is 5.69. The molecule has 11 nitrogen and oxygen atoms in total. The number of carbonyl (C=O) groups excluding carboxylic acids is 3. The molecule has 0 spiro atoms. The van der Waals surface area contributed by atoms with Crippen molar-refractivity contribution in [3.05, 3.63) is 0 Å². The Bertz CT molecular complexity index is 569. The van der Waals surface area contributed by atoms with E-state index in [0.29, 0.717) is 52.2 Å². The van der Waals surface area contributed by atoms with Crippen LogP contribution in [0.1, 0.15) is 12.8 Å². The van der Waals surface area contributed by atoms with Crippen LogP contribution in [0.15, 0.2) is 0 Å². The molecular formula is C21H40N6O5. The van der Waals surface area contributed by atoms with Crippen molar-refractivity contribution in [3.8, 4) is 0 Å². The molecule has 0 aromatic carbocycles. The summed E-state index contributed by atoms with van der Waals surface area (Å²) in [6, 6.07) is -0.245. The molecule has 2 atom stereocenters. The van der Waals surface area contributed by atoms with E-state index in [1.807, 2.05) is 0 Å². The first-order valence-corrected chi connectivity index (χ1v) is 11.6. The number of β-amino-alcohol motifs (C(OH)–C–C–N with tert-alkyl or cyclic N) is 1. The predicted molar refractivity (Wildman–Crippen MR) is 120 cm³/mol. The summed E-state index contributed by atoms with van der Waals surface area (Å²) in [5, 5.41) is 17.9. The quantitative estimate of drug-likeness (QED) is 0.253. The highest BCUT2D eigenvalue weighted by Crippen LogP contribution is 2.15. The van der Waals surface area contributed by atoms with Crippen molar-refractivity contribution in [2.24, 2.45) is 0 Å². The second kappa shape index (κ2) is 15.1. The largest absolute Gasteiger partial charge is 0.469 e. The van der Waals surface area contributed by atoms with Crippen LogP contribution in [0.5, 0.6) is 0 Å². The van der Waals surface area contributed by atoms with Crippen molar-refractivity contribution < 1.29 is 24.2 Å². The summed E-state index contributed by atoms with van der Waals surface area (Å²) in [6.07, 6.45) is 1.74. The SMILES string of the molecule is COC(=O)CCC(C(O)CN1CCNCCN(C=O)CC1)N1CCNCCN(C=O)CC1. The first-order valence-electron chi connectivity index (χ1n) is 11.6. The lowest BCUT2D eigenvalue weighted by atomic mass is 10.0. The lowest BCUT2D eigenvalue weighted by Crippen LogP contribution is -2.52. The van der Waals surface area contributed by atoms with E-state index >= 15 is 0 Å². The maximum absolute atomic E-state index is 11.8. The van der Waals surface area contributed by atoms with E-state index in [2.05, 4.69) is 20.4 Å². The maximum Gasteiger partial charge on any atom is 0.305 e. The Labute approximate surface area is 191 Å². The molecule has 2 heterocycles. The summed E-state index contributed by atoms with van der Waals surface area (Å²) in [6.45, 7) is 8.79. The molecule has 0 aliphatic carbocycles. The summed E-state index contributed by atoms with van der Waals surface area (Å²) >= 11 is 0. The normalized spacial score (nSPS) is 22.3. The van der Waals surface area contributed by atoms with Gasteiger partial charge in [-0.05, 0) is 6.42 Å². The number of carbonyl (C=O) groups is 3. The summed E-state index contributed by atoms with van der Waals surface area (Å²) in [5.74, 6) is -0.298. The molecule has 2 amide bonds. The number of hydrogen-bond acceptors (Lipinski definition) is 9. The molecule has 2 fully saturated rings. The lowest BCUT2D eigenvalue weighted by Gasteiger charge is -2.37. The molecule has 11 heteroatoms. The van der Waals surface area contributed by atoms with Gasteiger partial charge in [0.05, 0.1) is 13.2 Å². The molecule has 2 unspecified atom stereocenters. The highest BCUT2D eigenvalue weighted by atomic mass is 16.5. The number of ether oxygens (including phenoxy) is 1. The number of aliphatic hydroxyl groups is 1. The molecule has 0 bridgehead atoms. The van der Waals surface area contributed by atoms with Gasteiger partial charge in [0, 0.05) is 97.5 Å². The third-order valence-electron chi connectivity index (χ3n) is 6.24. The topological polar surface area (TPSA) is 118 Å². The number of methoxy groups -OCH3 is 1. The second-order valence-corrected chi connectivity index (χ2v) is 8.37. The number of hydrogen-bond donors (Lipinski definition) is 3. The smallest absolute Gasteiger partial charge is 0.305 e. The average Bonchev–Trinajstić information content (AvgIpc) is 2.99. The third-order valence-corrected chi connectivity index (χ3v) is 6.24. The number of rotatable bonds is 9. The van der Waals surface area contributed by atoms with Crippen LogP contribution < -0.4 is 10.6 Å². The third kappa shape index (κ3) is 9.37. The van der Waals surface area contributed by atoms with Crippen molar-refractivity contribution in [3.63, 3.8) is 0 Å². The number of nitrogens with one attached hydrogen (secondary N) is 2. The fourth-order valence-corrected chi connectivity index (χ4v) is 4.23.